The molecule has 3 heterocycles. The molecule has 1 amide bonds. The van der Waals surface area contributed by atoms with Crippen LogP contribution in [0.3, 0.4) is 0 Å². The smallest absolute Gasteiger partial charge is 0.255 e. The molecule has 1 aromatic carbocycles. The first-order valence-electron chi connectivity index (χ1n) is 8.37. The van der Waals surface area contributed by atoms with Crippen LogP contribution in [0.5, 0.6) is 0 Å². The monoisotopic (exact) mass is 367 g/mol. The zero-order valence-corrected chi connectivity index (χ0v) is 15.0. The third-order valence-electron chi connectivity index (χ3n) is 4.17. The van der Waals surface area contributed by atoms with Gasteiger partial charge in [0, 0.05) is 30.4 Å². The van der Waals surface area contributed by atoms with Gasteiger partial charge in [-0.3, -0.25) is 9.78 Å². The summed E-state index contributed by atoms with van der Waals surface area (Å²) in [5.41, 5.74) is 1.32. The van der Waals surface area contributed by atoms with Gasteiger partial charge in [0.2, 0.25) is 11.7 Å². The Hall–Kier alpha value is -2.74. The first kappa shape index (κ1) is 16.7. The molecule has 0 unspecified atom stereocenters. The molecule has 3 aromatic rings. The van der Waals surface area contributed by atoms with Crippen molar-refractivity contribution in [2.24, 2.45) is 0 Å². The lowest BCUT2D eigenvalue weighted by Crippen LogP contribution is -2.48. The lowest BCUT2D eigenvalue weighted by Gasteiger charge is -2.37. The van der Waals surface area contributed by atoms with Crippen LogP contribution < -0.4 is 0 Å². The second-order valence-electron chi connectivity index (χ2n) is 5.88. The van der Waals surface area contributed by atoms with Crippen molar-refractivity contribution in [1.29, 1.82) is 0 Å². The summed E-state index contributed by atoms with van der Waals surface area (Å²) >= 11 is 1.68. The van der Waals surface area contributed by atoms with Crippen molar-refractivity contribution in [1.82, 2.24) is 25.0 Å². The normalized spacial score (nSPS) is 14.3. The molecule has 1 fully saturated rings. The van der Waals surface area contributed by atoms with Crippen molar-refractivity contribution in [3.8, 4) is 11.5 Å². The second kappa shape index (κ2) is 7.25. The summed E-state index contributed by atoms with van der Waals surface area (Å²) in [5.74, 6) is 1.99. The fourth-order valence-electron chi connectivity index (χ4n) is 2.82. The molecular formula is C18H17N5O2S. The highest BCUT2D eigenvalue weighted by Crippen LogP contribution is 2.30. The van der Waals surface area contributed by atoms with Crippen molar-refractivity contribution in [3.05, 3.63) is 54.3 Å². The Labute approximate surface area is 154 Å². The van der Waals surface area contributed by atoms with Gasteiger partial charge < -0.3 is 9.42 Å². The molecule has 1 aliphatic rings. The van der Waals surface area contributed by atoms with Crippen molar-refractivity contribution < 1.29 is 9.32 Å². The third-order valence-corrected chi connectivity index (χ3v) is 5.12. The van der Waals surface area contributed by atoms with Crippen LogP contribution in [-0.2, 0) is 0 Å². The first-order chi connectivity index (χ1) is 12.8. The van der Waals surface area contributed by atoms with E-state index >= 15 is 0 Å². The second-order valence-corrected chi connectivity index (χ2v) is 7.19. The molecule has 1 saturated heterocycles. The van der Waals surface area contributed by atoms with E-state index in [4.69, 9.17) is 4.52 Å². The van der Waals surface area contributed by atoms with E-state index in [1.807, 2.05) is 29.2 Å². The summed E-state index contributed by atoms with van der Waals surface area (Å²) in [7, 11) is 0. The Kier molecular flexibility index (Phi) is 4.66. The lowest BCUT2D eigenvalue weighted by atomic mass is 9.98. The van der Waals surface area contributed by atoms with Crippen molar-refractivity contribution >= 4 is 17.7 Å². The topological polar surface area (TPSA) is 85.0 Å². The van der Waals surface area contributed by atoms with Crippen LogP contribution in [0.25, 0.3) is 11.5 Å². The van der Waals surface area contributed by atoms with Gasteiger partial charge in [-0.2, -0.15) is 4.98 Å². The lowest BCUT2D eigenvalue weighted by molar-refractivity contribution is 0.0565. The maximum absolute atomic E-state index is 12.8. The number of hydrogen-bond acceptors (Lipinski definition) is 7. The van der Waals surface area contributed by atoms with E-state index in [2.05, 4.69) is 27.0 Å². The molecule has 7 nitrogen and oxygen atoms in total. The Bertz CT molecular complexity index is 909. The van der Waals surface area contributed by atoms with Gasteiger partial charge in [0.1, 0.15) is 5.69 Å². The fraction of sp³-hybridized carbons (Fsp3) is 0.278. The molecule has 26 heavy (non-hydrogen) atoms. The van der Waals surface area contributed by atoms with Crippen LogP contribution in [0.15, 0.2) is 52.3 Å². The fourth-order valence-corrected chi connectivity index (χ4v) is 3.61. The van der Waals surface area contributed by atoms with Gasteiger partial charge >= 0.3 is 0 Å². The average Bonchev–Trinajstić information content (AvgIpc) is 3.11. The molecule has 2 aromatic heterocycles. The minimum Gasteiger partial charge on any atom is -0.338 e. The van der Waals surface area contributed by atoms with E-state index in [0.717, 1.165) is 16.2 Å². The molecule has 0 bridgehead atoms. The number of thioether (sulfide) groups is 1. The molecule has 8 heteroatoms. The highest BCUT2D eigenvalue weighted by Gasteiger charge is 2.36. The van der Waals surface area contributed by atoms with Crippen LogP contribution in [0, 0.1) is 0 Å². The van der Waals surface area contributed by atoms with Gasteiger partial charge in [0.25, 0.3) is 5.91 Å². The Balaban J connectivity index is 1.43. The number of hydrogen-bond donors (Lipinski definition) is 0. The summed E-state index contributed by atoms with van der Waals surface area (Å²) in [6.45, 7) is 3.23. The summed E-state index contributed by atoms with van der Waals surface area (Å²) in [4.78, 5) is 28.1. The van der Waals surface area contributed by atoms with Gasteiger partial charge in [-0.05, 0) is 17.9 Å². The summed E-state index contributed by atoms with van der Waals surface area (Å²) < 4.78 is 5.35. The van der Waals surface area contributed by atoms with Gasteiger partial charge in [-0.25, -0.2) is 4.98 Å². The first-order valence-corrected chi connectivity index (χ1v) is 9.36. The minimum atomic E-state index is 0.0477. The highest BCUT2D eigenvalue weighted by atomic mass is 32.2. The van der Waals surface area contributed by atoms with E-state index in [1.54, 1.807) is 30.4 Å². The van der Waals surface area contributed by atoms with Gasteiger partial charge in [0.05, 0.1) is 17.7 Å². The Morgan fingerprint density at radius 1 is 1.31 bits per heavy atom. The van der Waals surface area contributed by atoms with Crippen LogP contribution in [-0.4, -0.2) is 49.8 Å². The zero-order chi connectivity index (χ0) is 17.9. The molecule has 0 N–H and O–H groups in total. The van der Waals surface area contributed by atoms with E-state index < -0.39 is 0 Å². The quantitative estimate of drug-likeness (QED) is 0.641. The molecule has 1 aliphatic heterocycles. The Morgan fingerprint density at radius 2 is 2.15 bits per heavy atom. The molecule has 0 atom stereocenters. The molecular weight excluding hydrogens is 350 g/mol. The maximum Gasteiger partial charge on any atom is 0.255 e. The third kappa shape index (κ3) is 3.20. The van der Waals surface area contributed by atoms with E-state index in [-0.39, 0.29) is 11.8 Å². The number of benzene rings is 1. The number of carbonyl (C=O) groups is 1. The van der Waals surface area contributed by atoms with Gasteiger partial charge in [0.15, 0.2) is 0 Å². The summed E-state index contributed by atoms with van der Waals surface area (Å²) in [5, 5.41) is 3.96. The van der Waals surface area contributed by atoms with Crippen molar-refractivity contribution in [2.45, 2.75) is 17.7 Å². The maximum atomic E-state index is 12.8. The summed E-state index contributed by atoms with van der Waals surface area (Å²) in [6.07, 6.45) is 4.77. The number of likely N-dealkylation sites (tertiary alicyclic amines) is 1. The summed E-state index contributed by atoms with van der Waals surface area (Å²) in [6, 6.07) is 7.73. The largest absolute Gasteiger partial charge is 0.338 e. The highest BCUT2D eigenvalue weighted by molar-refractivity contribution is 7.99. The van der Waals surface area contributed by atoms with E-state index in [1.165, 1.54) is 0 Å². The molecule has 0 saturated carbocycles. The Morgan fingerprint density at radius 3 is 2.92 bits per heavy atom. The SMILES string of the molecule is CCSc1ccccc1C(=O)N1CC(c2nc(-c3cnccn3)no2)C1. The number of nitrogens with zero attached hydrogens (tertiary/aromatic N) is 5. The molecule has 4 rings (SSSR count). The van der Waals surface area contributed by atoms with Crippen LogP contribution in [0.4, 0.5) is 0 Å². The van der Waals surface area contributed by atoms with Crippen LogP contribution >= 0.6 is 11.8 Å². The number of carbonyl (C=O) groups excluding carboxylic acids is 1. The standard InChI is InChI=1S/C18H17N5O2S/c1-2-26-15-6-4-3-5-13(15)18(24)23-10-12(11-23)17-21-16(22-25-17)14-9-19-7-8-20-14/h3-9,12H,2,10-11H2,1H3. The van der Waals surface area contributed by atoms with Gasteiger partial charge in [-0.1, -0.05) is 24.2 Å². The predicted octanol–water partition coefficient (Wildman–Crippen LogP) is 2.88. The van der Waals surface area contributed by atoms with Crippen molar-refractivity contribution in [3.63, 3.8) is 0 Å². The molecule has 132 valence electrons. The average molecular weight is 367 g/mol. The van der Waals surface area contributed by atoms with Crippen LogP contribution in [0.2, 0.25) is 0 Å². The minimum absolute atomic E-state index is 0.0477. The molecule has 0 radical (unpaired) electrons. The van der Waals surface area contributed by atoms with Crippen molar-refractivity contribution in [2.75, 3.05) is 18.8 Å². The van der Waals surface area contributed by atoms with Gasteiger partial charge in [-0.15, -0.1) is 11.8 Å². The zero-order valence-electron chi connectivity index (χ0n) is 14.2. The number of amides is 1. The van der Waals surface area contributed by atoms with E-state index in [0.29, 0.717) is 30.5 Å². The van der Waals surface area contributed by atoms with E-state index in [9.17, 15) is 4.79 Å². The number of rotatable bonds is 5. The molecule has 0 spiro atoms. The predicted molar refractivity (Wildman–Crippen MR) is 96.8 cm³/mol. The van der Waals surface area contributed by atoms with Crippen LogP contribution in [0.1, 0.15) is 29.1 Å². The number of aromatic nitrogens is 4. The molecule has 0 aliphatic carbocycles.